The summed E-state index contributed by atoms with van der Waals surface area (Å²) in [7, 11) is -4.27. The van der Waals surface area contributed by atoms with Crippen molar-refractivity contribution in [1.82, 2.24) is 4.72 Å². The van der Waals surface area contributed by atoms with E-state index in [4.69, 9.17) is 21.1 Å². The van der Waals surface area contributed by atoms with Crippen molar-refractivity contribution in [3.05, 3.63) is 23.5 Å². The lowest BCUT2D eigenvalue weighted by atomic mass is 10.1. The molecular weight excluding hydrogens is 291 g/mol. The summed E-state index contributed by atoms with van der Waals surface area (Å²) in [6, 6.07) is 1.82. The molecule has 0 unspecified atom stereocenters. The minimum Gasteiger partial charge on any atom is -0.398 e. The number of hydrogen-bond acceptors (Lipinski definition) is 6. The van der Waals surface area contributed by atoms with E-state index in [9.17, 15) is 12.8 Å². The molecule has 6 N–H and O–H groups in total. The second-order valence-corrected chi connectivity index (χ2v) is 6.16. The number of anilines is 1. The van der Waals surface area contributed by atoms with Crippen LogP contribution in [0.5, 0.6) is 0 Å². The van der Waals surface area contributed by atoms with Crippen molar-refractivity contribution in [2.24, 2.45) is 0 Å². The summed E-state index contributed by atoms with van der Waals surface area (Å²) in [6.07, 6.45) is 0. The highest BCUT2D eigenvalue weighted by molar-refractivity contribution is 7.89. The molecule has 0 spiro atoms. The van der Waals surface area contributed by atoms with Gasteiger partial charge in [0.05, 0.1) is 24.7 Å². The molecule has 20 heavy (non-hydrogen) atoms. The Hall–Kier alpha value is -1.26. The highest BCUT2D eigenvalue weighted by Crippen LogP contribution is 2.22. The van der Waals surface area contributed by atoms with Gasteiger partial charge in [-0.3, -0.25) is 0 Å². The van der Waals surface area contributed by atoms with Gasteiger partial charge in [-0.15, -0.1) is 0 Å². The van der Waals surface area contributed by atoms with Crippen LogP contribution in [0.2, 0.25) is 0 Å². The van der Waals surface area contributed by atoms with Crippen LogP contribution in [0.4, 0.5) is 10.1 Å². The van der Waals surface area contributed by atoms with E-state index >= 15 is 0 Å². The maximum atomic E-state index is 13.5. The molecule has 0 amide bonds. The molecule has 114 valence electrons. The van der Waals surface area contributed by atoms with E-state index < -0.39 is 46.1 Å². The number of sulfonamides is 1. The van der Waals surface area contributed by atoms with Gasteiger partial charge in [0.15, 0.2) is 0 Å². The van der Waals surface area contributed by atoms with Gasteiger partial charge in [-0.2, -0.15) is 4.72 Å². The number of nitrogen functional groups attached to an aromatic ring is 1. The summed E-state index contributed by atoms with van der Waals surface area (Å²) in [5.74, 6) is -0.798. The molecule has 1 aromatic rings. The number of halogens is 1. The lowest BCUT2D eigenvalue weighted by molar-refractivity contribution is 0.0582. The summed E-state index contributed by atoms with van der Waals surface area (Å²) >= 11 is 0. The second-order valence-electron chi connectivity index (χ2n) is 4.48. The van der Waals surface area contributed by atoms with E-state index in [1.54, 1.807) is 0 Å². The molecule has 0 heterocycles. The molecule has 0 fully saturated rings. The molecular formula is C11H17FN2O5S. The zero-order chi connectivity index (χ0) is 15.6. The first-order valence-electron chi connectivity index (χ1n) is 5.63. The Labute approximate surface area is 115 Å². The molecule has 0 saturated carbocycles. The number of hydrogen-bond donors (Lipinski definition) is 5. The van der Waals surface area contributed by atoms with E-state index in [1.807, 2.05) is 4.72 Å². The minimum absolute atomic E-state index is 0.0482. The van der Waals surface area contributed by atoms with E-state index in [0.717, 1.165) is 12.1 Å². The summed E-state index contributed by atoms with van der Waals surface area (Å²) in [6.45, 7) is -1.09. The zero-order valence-electron chi connectivity index (χ0n) is 10.8. The Kier molecular flexibility index (Phi) is 5.05. The number of aliphatic hydroxyl groups is 3. The third-order valence-corrected chi connectivity index (χ3v) is 4.49. The Morgan fingerprint density at radius 3 is 2.15 bits per heavy atom. The van der Waals surface area contributed by atoms with Gasteiger partial charge in [-0.05, 0) is 19.1 Å². The average molecular weight is 308 g/mol. The predicted molar refractivity (Wildman–Crippen MR) is 69.9 cm³/mol. The fourth-order valence-electron chi connectivity index (χ4n) is 1.42. The van der Waals surface area contributed by atoms with Gasteiger partial charge in [0, 0.05) is 11.3 Å². The van der Waals surface area contributed by atoms with Crippen molar-refractivity contribution in [1.29, 1.82) is 0 Å². The van der Waals surface area contributed by atoms with Crippen molar-refractivity contribution in [3.63, 3.8) is 0 Å². The van der Waals surface area contributed by atoms with Crippen LogP contribution in [0.15, 0.2) is 17.0 Å². The molecule has 0 aliphatic carbocycles. The third-order valence-electron chi connectivity index (χ3n) is 2.93. The van der Waals surface area contributed by atoms with Gasteiger partial charge >= 0.3 is 0 Å². The van der Waals surface area contributed by atoms with Crippen LogP contribution in [-0.2, 0) is 10.0 Å². The fraction of sp³-hybridized carbons (Fsp3) is 0.455. The van der Waals surface area contributed by atoms with Crippen LogP contribution in [-0.4, -0.2) is 49.1 Å². The van der Waals surface area contributed by atoms with Gasteiger partial charge in [0.1, 0.15) is 11.4 Å². The number of nitrogens with two attached hydrogens (primary N) is 1. The van der Waals surface area contributed by atoms with E-state index in [-0.39, 0.29) is 11.3 Å². The van der Waals surface area contributed by atoms with Crippen LogP contribution in [0.3, 0.4) is 0 Å². The van der Waals surface area contributed by atoms with Crippen LogP contribution in [0.25, 0.3) is 0 Å². The summed E-state index contributed by atoms with van der Waals surface area (Å²) in [5.41, 5.74) is 3.73. The number of aliphatic hydroxyl groups excluding tert-OH is 3. The molecule has 0 aromatic heterocycles. The number of rotatable bonds is 6. The maximum Gasteiger partial charge on any atom is 0.241 e. The second kappa shape index (κ2) is 6.02. The van der Waals surface area contributed by atoms with Gasteiger partial charge in [0.2, 0.25) is 10.0 Å². The van der Waals surface area contributed by atoms with Gasteiger partial charge in [0.25, 0.3) is 0 Å². The van der Waals surface area contributed by atoms with E-state index in [2.05, 4.69) is 0 Å². The molecule has 9 heteroatoms. The predicted octanol–water partition coefficient (Wildman–Crippen LogP) is -1.29. The first-order valence-corrected chi connectivity index (χ1v) is 7.12. The van der Waals surface area contributed by atoms with Gasteiger partial charge in [-0.25, -0.2) is 12.8 Å². The van der Waals surface area contributed by atoms with Crippen molar-refractivity contribution in [2.45, 2.75) is 17.4 Å². The van der Waals surface area contributed by atoms with Gasteiger partial charge < -0.3 is 21.1 Å². The zero-order valence-corrected chi connectivity index (χ0v) is 11.6. The molecule has 0 aliphatic rings. The van der Waals surface area contributed by atoms with Crippen LogP contribution in [0, 0.1) is 12.7 Å². The highest BCUT2D eigenvalue weighted by Gasteiger charge is 2.34. The summed E-state index contributed by atoms with van der Waals surface area (Å²) < 4.78 is 39.6. The first-order chi connectivity index (χ1) is 9.21. The topological polar surface area (TPSA) is 133 Å². The standard InChI is InChI=1S/C11H17FN2O5S/c1-7-9(12)2-8(3-10(7)13)20(18,19)14-11(4-15,5-16)6-17/h2-3,14-17H,4-6,13H2,1H3. The van der Waals surface area contributed by atoms with Crippen LogP contribution in [0.1, 0.15) is 5.56 Å². The lowest BCUT2D eigenvalue weighted by Crippen LogP contribution is -2.56. The summed E-state index contributed by atoms with van der Waals surface area (Å²) in [4.78, 5) is -0.460. The molecule has 1 rings (SSSR count). The van der Waals surface area contributed by atoms with E-state index in [1.165, 1.54) is 6.92 Å². The van der Waals surface area contributed by atoms with E-state index in [0.29, 0.717) is 0 Å². The molecule has 0 atom stereocenters. The third kappa shape index (κ3) is 3.25. The molecule has 0 radical (unpaired) electrons. The first kappa shape index (κ1) is 16.8. The highest BCUT2D eigenvalue weighted by atomic mass is 32.2. The molecule has 7 nitrogen and oxygen atoms in total. The monoisotopic (exact) mass is 308 g/mol. The smallest absolute Gasteiger partial charge is 0.241 e. The Morgan fingerprint density at radius 2 is 1.75 bits per heavy atom. The van der Waals surface area contributed by atoms with Crippen molar-refractivity contribution in [2.75, 3.05) is 25.6 Å². The summed E-state index contributed by atoms with van der Waals surface area (Å²) in [5, 5.41) is 27.3. The normalized spacial score (nSPS) is 12.7. The van der Waals surface area contributed by atoms with Crippen LogP contribution < -0.4 is 10.5 Å². The molecule has 0 bridgehead atoms. The van der Waals surface area contributed by atoms with Crippen LogP contribution >= 0.6 is 0 Å². The Morgan fingerprint density at radius 1 is 1.25 bits per heavy atom. The largest absolute Gasteiger partial charge is 0.398 e. The number of nitrogens with one attached hydrogen (secondary N) is 1. The molecule has 0 saturated heterocycles. The van der Waals surface area contributed by atoms with Crippen molar-refractivity contribution in [3.8, 4) is 0 Å². The average Bonchev–Trinajstić information content (AvgIpc) is 2.41. The minimum atomic E-state index is -4.27. The van der Waals surface area contributed by atoms with Gasteiger partial charge in [-0.1, -0.05) is 0 Å². The maximum absolute atomic E-state index is 13.5. The fourth-order valence-corrected chi connectivity index (χ4v) is 2.84. The van der Waals surface area contributed by atoms with Crippen molar-refractivity contribution < 1.29 is 28.1 Å². The number of benzene rings is 1. The molecule has 1 aromatic carbocycles. The Bertz CT molecular complexity index is 555. The quantitative estimate of drug-likeness (QED) is 0.415. The lowest BCUT2D eigenvalue weighted by Gasteiger charge is -2.28. The molecule has 0 aliphatic heterocycles. The SMILES string of the molecule is Cc1c(N)cc(S(=O)(=O)NC(CO)(CO)CO)cc1F. The van der Waals surface area contributed by atoms with Crippen molar-refractivity contribution >= 4 is 15.7 Å². The Balaban J connectivity index is 3.24.